The third kappa shape index (κ3) is 5.55. The standard InChI is InChI=1S/C14H22FNO3/c1-11(16-6-3-8-19-9-7-17)13-5-4-12(18-2)10-14(13)15/h4-5,10-11,16-17H,3,6-9H2,1-2H3. The van der Waals surface area contributed by atoms with Crippen LogP contribution >= 0.6 is 0 Å². The summed E-state index contributed by atoms with van der Waals surface area (Å²) >= 11 is 0. The summed E-state index contributed by atoms with van der Waals surface area (Å²) in [7, 11) is 1.52. The fourth-order valence-corrected chi connectivity index (χ4v) is 1.76. The molecule has 0 radical (unpaired) electrons. The number of aliphatic hydroxyl groups is 1. The van der Waals surface area contributed by atoms with E-state index in [1.54, 1.807) is 12.1 Å². The minimum atomic E-state index is -0.268. The molecule has 1 unspecified atom stereocenters. The van der Waals surface area contributed by atoms with Crippen LogP contribution < -0.4 is 10.1 Å². The maximum atomic E-state index is 13.8. The van der Waals surface area contributed by atoms with Gasteiger partial charge in [-0.2, -0.15) is 0 Å². The third-order valence-electron chi connectivity index (χ3n) is 2.83. The monoisotopic (exact) mass is 271 g/mol. The third-order valence-corrected chi connectivity index (χ3v) is 2.83. The van der Waals surface area contributed by atoms with Gasteiger partial charge < -0.3 is 19.9 Å². The molecule has 0 bridgehead atoms. The van der Waals surface area contributed by atoms with Gasteiger partial charge in [-0.15, -0.1) is 0 Å². The fourth-order valence-electron chi connectivity index (χ4n) is 1.76. The summed E-state index contributed by atoms with van der Waals surface area (Å²) < 4.78 is 23.9. The van der Waals surface area contributed by atoms with E-state index in [-0.39, 0.29) is 18.5 Å². The number of methoxy groups -OCH3 is 1. The van der Waals surface area contributed by atoms with Crippen molar-refractivity contribution in [1.29, 1.82) is 0 Å². The molecule has 4 nitrogen and oxygen atoms in total. The van der Waals surface area contributed by atoms with Gasteiger partial charge in [-0.3, -0.25) is 0 Å². The van der Waals surface area contributed by atoms with Gasteiger partial charge in [0.2, 0.25) is 0 Å². The molecule has 0 saturated carbocycles. The molecule has 0 heterocycles. The summed E-state index contributed by atoms with van der Waals surface area (Å²) in [6, 6.07) is 4.80. The number of hydrogen-bond donors (Lipinski definition) is 2. The molecular weight excluding hydrogens is 249 g/mol. The largest absolute Gasteiger partial charge is 0.497 e. The molecule has 1 aromatic rings. The number of halogens is 1. The molecule has 1 rings (SSSR count). The van der Waals surface area contributed by atoms with E-state index in [9.17, 15) is 4.39 Å². The normalized spacial score (nSPS) is 12.4. The summed E-state index contributed by atoms with van der Waals surface area (Å²) in [5.74, 6) is 0.252. The minimum Gasteiger partial charge on any atom is -0.497 e. The van der Waals surface area contributed by atoms with Crippen molar-refractivity contribution in [3.8, 4) is 5.75 Å². The SMILES string of the molecule is COc1ccc(C(C)NCCCOCCO)c(F)c1. The van der Waals surface area contributed by atoms with Crippen molar-refractivity contribution in [1.82, 2.24) is 5.32 Å². The zero-order valence-corrected chi connectivity index (χ0v) is 11.5. The molecule has 0 amide bonds. The van der Waals surface area contributed by atoms with Gasteiger partial charge in [0.25, 0.3) is 0 Å². The summed E-state index contributed by atoms with van der Waals surface area (Å²) in [6.45, 7) is 3.65. The number of hydrogen-bond acceptors (Lipinski definition) is 4. The highest BCUT2D eigenvalue weighted by atomic mass is 19.1. The highest BCUT2D eigenvalue weighted by molar-refractivity contribution is 5.30. The Balaban J connectivity index is 2.34. The maximum absolute atomic E-state index is 13.8. The van der Waals surface area contributed by atoms with Crippen LogP contribution in [-0.2, 0) is 4.74 Å². The Kier molecular flexibility index (Phi) is 7.40. The minimum absolute atomic E-state index is 0.0426. The van der Waals surface area contributed by atoms with Crippen molar-refractivity contribution >= 4 is 0 Å². The second-order valence-corrected chi connectivity index (χ2v) is 4.25. The van der Waals surface area contributed by atoms with Crippen LogP contribution in [0.3, 0.4) is 0 Å². The number of ether oxygens (including phenoxy) is 2. The van der Waals surface area contributed by atoms with Gasteiger partial charge in [0, 0.05) is 24.3 Å². The first-order valence-electron chi connectivity index (χ1n) is 6.44. The molecule has 0 fully saturated rings. The Morgan fingerprint density at radius 3 is 2.79 bits per heavy atom. The van der Waals surface area contributed by atoms with Gasteiger partial charge in [0.05, 0.1) is 20.3 Å². The summed E-state index contributed by atoms with van der Waals surface area (Å²) in [5.41, 5.74) is 0.622. The fraction of sp³-hybridized carbons (Fsp3) is 0.571. The molecule has 2 N–H and O–H groups in total. The molecule has 0 spiro atoms. The van der Waals surface area contributed by atoms with Crippen LogP contribution in [0, 0.1) is 5.82 Å². The molecule has 0 aromatic heterocycles. The Morgan fingerprint density at radius 2 is 2.16 bits per heavy atom. The molecule has 0 saturated heterocycles. The first kappa shape index (κ1) is 15.9. The first-order chi connectivity index (χ1) is 9.19. The van der Waals surface area contributed by atoms with E-state index >= 15 is 0 Å². The summed E-state index contributed by atoms with van der Waals surface area (Å²) in [6.07, 6.45) is 0.822. The van der Waals surface area contributed by atoms with Gasteiger partial charge in [-0.1, -0.05) is 6.07 Å². The van der Waals surface area contributed by atoms with Gasteiger partial charge in [-0.05, 0) is 26.0 Å². The number of rotatable bonds is 9. The van der Waals surface area contributed by atoms with Crippen molar-refractivity contribution in [2.24, 2.45) is 0 Å². The molecule has 0 aliphatic carbocycles. The van der Waals surface area contributed by atoms with Gasteiger partial charge in [-0.25, -0.2) is 4.39 Å². The molecule has 0 aliphatic heterocycles. The van der Waals surface area contributed by atoms with E-state index in [2.05, 4.69) is 5.32 Å². The van der Waals surface area contributed by atoms with Gasteiger partial charge in [0.15, 0.2) is 0 Å². The topological polar surface area (TPSA) is 50.7 Å². The smallest absolute Gasteiger partial charge is 0.131 e. The number of benzene rings is 1. The van der Waals surface area contributed by atoms with Crippen molar-refractivity contribution in [2.75, 3.05) is 33.5 Å². The average Bonchev–Trinajstić information content (AvgIpc) is 2.42. The van der Waals surface area contributed by atoms with Crippen molar-refractivity contribution in [3.05, 3.63) is 29.6 Å². The van der Waals surface area contributed by atoms with E-state index in [1.165, 1.54) is 13.2 Å². The Hall–Kier alpha value is -1.17. The van der Waals surface area contributed by atoms with Crippen LogP contribution in [0.25, 0.3) is 0 Å². The molecule has 19 heavy (non-hydrogen) atoms. The van der Waals surface area contributed by atoms with Crippen molar-refractivity contribution < 1.29 is 19.0 Å². The van der Waals surface area contributed by atoms with Crippen molar-refractivity contribution in [3.63, 3.8) is 0 Å². The molecule has 5 heteroatoms. The highest BCUT2D eigenvalue weighted by Crippen LogP contribution is 2.21. The Morgan fingerprint density at radius 1 is 1.37 bits per heavy atom. The summed E-state index contributed by atoms with van der Waals surface area (Å²) in [4.78, 5) is 0. The van der Waals surface area contributed by atoms with Gasteiger partial charge in [0.1, 0.15) is 11.6 Å². The lowest BCUT2D eigenvalue weighted by Gasteiger charge is -2.15. The molecular formula is C14H22FNO3. The van der Waals surface area contributed by atoms with E-state index in [0.29, 0.717) is 24.5 Å². The van der Waals surface area contributed by atoms with Crippen LogP contribution in [-0.4, -0.2) is 38.6 Å². The van der Waals surface area contributed by atoms with Crippen LogP contribution in [0.5, 0.6) is 5.75 Å². The van der Waals surface area contributed by atoms with E-state index < -0.39 is 0 Å². The summed E-state index contributed by atoms with van der Waals surface area (Å²) in [5, 5.41) is 11.8. The van der Waals surface area contributed by atoms with Crippen LogP contribution in [0.1, 0.15) is 24.9 Å². The Labute approximate surface area is 113 Å². The quantitative estimate of drug-likeness (QED) is 0.673. The predicted molar refractivity (Wildman–Crippen MR) is 71.9 cm³/mol. The number of nitrogens with one attached hydrogen (secondary N) is 1. The molecule has 1 atom stereocenters. The average molecular weight is 271 g/mol. The lowest BCUT2D eigenvalue weighted by atomic mass is 10.1. The van der Waals surface area contributed by atoms with Crippen LogP contribution in [0.15, 0.2) is 18.2 Å². The lowest BCUT2D eigenvalue weighted by molar-refractivity contribution is 0.0904. The van der Waals surface area contributed by atoms with E-state index in [1.807, 2.05) is 6.92 Å². The predicted octanol–water partition coefficient (Wildman–Crippen LogP) is 1.88. The zero-order chi connectivity index (χ0) is 14.1. The highest BCUT2D eigenvalue weighted by Gasteiger charge is 2.10. The molecule has 1 aromatic carbocycles. The zero-order valence-electron chi connectivity index (χ0n) is 11.5. The lowest BCUT2D eigenvalue weighted by Crippen LogP contribution is -2.22. The second kappa shape index (κ2) is 8.85. The van der Waals surface area contributed by atoms with E-state index in [4.69, 9.17) is 14.6 Å². The number of aliphatic hydroxyl groups excluding tert-OH is 1. The Bertz CT molecular complexity index is 374. The maximum Gasteiger partial charge on any atom is 0.131 e. The van der Waals surface area contributed by atoms with Crippen LogP contribution in [0.4, 0.5) is 4.39 Å². The molecule has 108 valence electrons. The second-order valence-electron chi connectivity index (χ2n) is 4.25. The van der Waals surface area contributed by atoms with Crippen molar-refractivity contribution in [2.45, 2.75) is 19.4 Å². The first-order valence-corrected chi connectivity index (χ1v) is 6.44. The molecule has 0 aliphatic rings. The van der Waals surface area contributed by atoms with Gasteiger partial charge >= 0.3 is 0 Å². The van der Waals surface area contributed by atoms with E-state index in [0.717, 1.165) is 13.0 Å². The van der Waals surface area contributed by atoms with Crippen LogP contribution in [0.2, 0.25) is 0 Å².